The molecule has 1 aliphatic heterocycles. The van der Waals surface area contributed by atoms with E-state index in [1.165, 1.54) is 6.42 Å². The molecule has 0 radical (unpaired) electrons. The van der Waals surface area contributed by atoms with Crippen LogP contribution in [0.4, 0.5) is 0 Å². The van der Waals surface area contributed by atoms with Gasteiger partial charge in [0.15, 0.2) is 0 Å². The SMILES string of the molecule is Brc1cccc(S[C@H]2CCNC2)n1.Cl. The van der Waals surface area contributed by atoms with E-state index in [4.69, 9.17) is 0 Å². The number of hydrogen-bond donors (Lipinski definition) is 1. The minimum absolute atomic E-state index is 0. The van der Waals surface area contributed by atoms with Crippen molar-refractivity contribution in [3.63, 3.8) is 0 Å². The molecule has 0 aliphatic carbocycles. The standard InChI is InChI=1S/C9H11BrN2S.ClH/c10-8-2-1-3-9(12-8)13-7-4-5-11-6-7;/h1-3,7,11H,4-6H2;1H/t7-;/m0./s1. The Morgan fingerprint density at radius 1 is 1.50 bits per heavy atom. The molecule has 1 N–H and O–H groups in total. The van der Waals surface area contributed by atoms with Crippen LogP contribution in [0.15, 0.2) is 27.8 Å². The number of hydrogen-bond acceptors (Lipinski definition) is 3. The van der Waals surface area contributed by atoms with E-state index >= 15 is 0 Å². The smallest absolute Gasteiger partial charge is 0.107 e. The van der Waals surface area contributed by atoms with Gasteiger partial charge in [-0.1, -0.05) is 6.07 Å². The minimum Gasteiger partial charge on any atom is -0.316 e. The lowest BCUT2D eigenvalue weighted by atomic mass is 10.4. The molecular weight excluding hydrogens is 284 g/mol. The van der Waals surface area contributed by atoms with Gasteiger partial charge in [-0.25, -0.2) is 4.98 Å². The van der Waals surface area contributed by atoms with Crippen LogP contribution in [-0.4, -0.2) is 23.3 Å². The molecule has 0 aromatic carbocycles. The van der Waals surface area contributed by atoms with Crippen molar-refractivity contribution in [1.29, 1.82) is 0 Å². The summed E-state index contributed by atoms with van der Waals surface area (Å²) in [5.41, 5.74) is 0. The maximum atomic E-state index is 4.39. The van der Waals surface area contributed by atoms with Crippen LogP contribution in [0.3, 0.4) is 0 Å². The Hall–Kier alpha value is 0.230. The lowest BCUT2D eigenvalue weighted by molar-refractivity contribution is 0.858. The number of nitrogens with zero attached hydrogens (tertiary/aromatic N) is 1. The third-order valence-corrected chi connectivity index (χ3v) is 3.64. The fourth-order valence-electron chi connectivity index (χ4n) is 1.35. The van der Waals surface area contributed by atoms with Crippen molar-refractivity contribution in [3.8, 4) is 0 Å². The van der Waals surface area contributed by atoms with E-state index in [0.29, 0.717) is 5.25 Å². The third kappa shape index (κ3) is 3.42. The molecule has 1 atom stereocenters. The van der Waals surface area contributed by atoms with E-state index in [1.807, 2.05) is 23.9 Å². The van der Waals surface area contributed by atoms with Crippen LogP contribution in [0.2, 0.25) is 0 Å². The van der Waals surface area contributed by atoms with Crippen LogP contribution < -0.4 is 5.32 Å². The van der Waals surface area contributed by atoms with Gasteiger partial charge < -0.3 is 5.32 Å². The highest BCUT2D eigenvalue weighted by atomic mass is 79.9. The molecule has 0 unspecified atom stereocenters. The van der Waals surface area contributed by atoms with E-state index in [0.717, 1.165) is 22.7 Å². The first-order valence-electron chi connectivity index (χ1n) is 4.34. The predicted molar refractivity (Wildman–Crippen MR) is 66.3 cm³/mol. The van der Waals surface area contributed by atoms with Gasteiger partial charge in [0.05, 0.1) is 5.03 Å². The summed E-state index contributed by atoms with van der Waals surface area (Å²) in [6.07, 6.45) is 1.25. The van der Waals surface area contributed by atoms with E-state index in [1.54, 1.807) is 0 Å². The first kappa shape index (κ1) is 12.3. The van der Waals surface area contributed by atoms with Gasteiger partial charge in [-0.3, -0.25) is 0 Å². The van der Waals surface area contributed by atoms with Gasteiger partial charge in [0.1, 0.15) is 4.60 Å². The summed E-state index contributed by atoms with van der Waals surface area (Å²) in [6.45, 7) is 2.25. The van der Waals surface area contributed by atoms with Crippen LogP contribution in [0, 0.1) is 0 Å². The highest BCUT2D eigenvalue weighted by Crippen LogP contribution is 2.25. The molecule has 0 bridgehead atoms. The van der Waals surface area contributed by atoms with E-state index in [-0.39, 0.29) is 12.4 Å². The molecule has 1 aromatic rings. The summed E-state index contributed by atoms with van der Waals surface area (Å²) in [4.78, 5) is 4.39. The molecule has 1 aliphatic rings. The second kappa shape index (κ2) is 5.95. The number of halogens is 2. The maximum Gasteiger partial charge on any atom is 0.107 e. The summed E-state index contributed by atoms with van der Waals surface area (Å²) in [5.74, 6) is 0. The van der Waals surface area contributed by atoms with Gasteiger partial charge in [-0.05, 0) is 41.0 Å². The number of thioether (sulfide) groups is 1. The van der Waals surface area contributed by atoms with Crippen LogP contribution in [-0.2, 0) is 0 Å². The van der Waals surface area contributed by atoms with Crippen molar-refractivity contribution in [1.82, 2.24) is 10.3 Å². The quantitative estimate of drug-likeness (QED) is 0.849. The summed E-state index contributed by atoms with van der Waals surface area (Å²) < 4.78 is 0.920. The van der Waals surface area contributed by atoms with Gasteiger partial charge in [0.25, 0.3) is 0 Å². The molecule has 2 nitrogen and oxygen atoms in total. The Morgan fingerprint density at radius 2 is 2.36 bits per heavy atom. The zero-order chi connectivity index (χ0) is 9.10. The molecule has 2 heterocycles. The molecule has 1 fully saturated rings. The number of aromatic nitrogens is 1. The second-order valence-corrected chi connectivity index (χ2v) is 5.16. The van der Waals surface area contributed by atoms with Crippen LogP contribution in [0.5, 0.6) is 0 Å². The summed E-state index contributed by atoms with van der Waals surface area (Å²) in [6, 6.07) is 6.05. The van der Waals surface area contributed by atoms with E-state index < -0.39 is 0 Å². The first-order chi connectivity index (χ1) is 6.34. The van der Waals surface area contributed by atoms with Crippen molar-refractivity contribution in [3.05, 3.63) is 22.8 Å². The normalized spacial score (nSPS) is 20.5. The highest BCUT2D eigenvalue weighted by Gasteiger charge is 2.15. The largest absolute Gasteiger partial charge is 0.316 e. The Bertz CT molecular complexity index is 292. The minimum atomic E-state index is 0. The van der Waals surface area contributed by atoms with Crippen molar-refractivity contribution in [2.24, 2.45) is 0 Å². The molecule has 1 aromatic heterocycles. The topological polar surface area (TPSA) is 24.9 Å². The van der Waals surface area contributed by atoms with Gasteiger partial charge >= 0.3 is 0 Å². The van der Waals surface area contributed by atoms with Crippen LogP contribution in [0.1, 0.15) is 6.42 Å². The molecule has 0 saturated carbocycles. The molecule has 5 heteroatoms. The highest BCUT2D eigenvalue weighted by molar-refractivity contribution is 9.10. The van der Waals surface area contributed by atoms with Crippen molar-refractivity contribution < 1.29 is 0 Å². The zero-order valence-corrected chi connectivity index (χ0v) is 10.8. The second-order valence-electron chi connectivity index (χ2n) is 3.03. The van der Waals surface area contributed by atoms with Crippen LogP contribution >= 0.6 is 40.1 Å². The number of rotatable bonds is 2. The molecule has 0 amide bonds. The molecular formula is C9H12BrClN2S. The van der Waals surface area contributed by atoms with Gasteiger partial charge in [-0.2, -0.15) is 0 Å². The van der Waals surface area contributed by atoms with Crippen molar-refractivity contribution in [2.45, 2.75) is 16.7 Å². The Kier molecular flexibility index (Phi) is 5.23. The maximum absolute atomic E-state index is 4.39. The molecule has 14 heavy (non-hydrogen) atoms. The summed E-state index contributed by atoms with van der Waals surface area (Å²) in [5, 5.41) is 5.16. The summed E-state index contributed by atoms with van der Waals surface area (Å²) in [7, 11) is 0. The summed E-state index contributed by atoms with van der Waals surface area (Å²) >= 11 is 5.23. The predicted octanol–water partition coefficient (Wildman–Crippen LogP) is 2.72. The van der Waals surface area contributed by atoms with Crippen molar-refractivity contribution in [2.75, 3.05) is 13.1 Å². The van der Waals surface area contributed by atoms with E-state index in [9.17, 15) is 0 Å². The molecule has 78 valence electrons. The van der Waals surface area contributed by atoms with Gasteiger partial charge in [-0.15, -0.1) is 24.2 Å². The van der Waals surface area contributed by atoms with Crippen LogP contribution in [0.25, 0.3) is 0 Å². The molecule has 2 rings (SSSR count). The molecule has 1 saturated heterocycles. The average Bonchev–Trinajstić information content (AvgIpc) is 2.57. The average molecular weight is 296 g/mol. The Labute approximate surface area is 103 Å². The lowest BCUT2D eigenvalue weighted by Gasteiger charge is -2.06. The Morgan fingerprint density at radius 3 is 3.00 bits per heavy atom. The van der Waals surface area contributed by atoms with E-state index in [2.05, 4.69) is 32.3 Å². The van der Waals surface area contributed by atoms with Crippen molar-refractivity contribution >= 4 is 40.1 Å². The lowest BCUT2D eigenvalue weighted by Crippen LogP contribution is -2.10. The fraction of sp³-hybridized carbons (Fsp3) is 0.444. The van der Waals surface area contributed by atoms with Gasteiger partial charge in [0, 0.05) is 11.8 Å². The van der Waals surface area contributed by atoms with Gasteiger partial charge in [0.2, 0.25) is 0 Å². The first-order valence-corrected chi connectivity index (χ1v) is 6.02. The third-order valence-electron chi connectivity index (χ3n) is 1.99. The molecule has 0 spiro atoms. The Balaban J connectivity index is 0.000000980. The fourth-order valence-corrected chi connectivity index (χ4v) is 2.90. The number of pyridine rings is 1. The number of nitrogens with one attached hydrogen (secondary N) is 1. The zero-order valence-electron chi connectivity index (χ0n) is 7.57. The monoisotopic (exact) mass is 294 g/mol.